The van der Waals surface area contributed by atoms with Crippen molar-refractivity contribution in [2.45, 2.75) is 38.8 Å². The summed E-state index contributed by atoms with van der Waals surface area (Å²) in [6, 6.07) is 10.7. The normalized spacial score (nSPS) is 10.2. The van der Waals surface area contributed by atoms with Crippen molar-refractivity contribution >= 4 is 29.2 Å². The Morgan fingerprint density at radius 2 is 1.79 bits per heavy atom. The topological polar surface area (TPSA) is 117 Å². The first-order valence-electron chi connectivity index (χ1n) is 9.31. The van der Waals surface area contributed by atoms with Crippen molar-refractivity contribution in [2.24, 2.45) is 0 Å². The lowest BCUT2D eigenvalue weighted by Gasteiger charge is -2.08. The summed E-state index contributed by atoms with van der Waals surface area (Å²) in [5.74, 6) is -0.586. The monoisotopic (exact) mass is 419 g/mol. The Hall–Kier alpha value is -2.91. The SMILES string of the molecule is O=C(CCCCCNC(=O)c1ccc(COC(=O)NCc2cccs2)cc1)NO. The number of hydroxylamine groups is 1. The molecule has 8 nitrogen and oxygen atoms in total. The molecule has 0 saturated heterocycles. The highest BCUT2D eigenvalue weighted by atomic mass is 32.1. The zero-order valence-electron chi connectivity index (χ0n) is 16.0. The molecule has 4 N–H and O–H groups in total. The number of carbonyl (C=O) groups is 3. The van der Waals surface area contributed by atoms with Crippen molar-refractivity contribution in [1.29, 1.82) is 0 Å². The molecule has 1 aromatic carbocycles. The van der Waals surface area contributed by atoms with E-state index < -0.39 is 12.0 Å². The maximum absolute atomic E-state index is 12.1. The number of thiophene rings is 1. The van der Waals surface area contributed by atoms with Crippen LogP contribution in [0.2, 0.25) is 0 Å². The number of unbranched alkanes of at least 4 members (excludes halogenated alkanes) is 2. The lowest BCUT2D eigenvalue weighted by atomic mass is 10.1. The van der Waals surface area contributed by atoms with E-state index >= 15 is 0 Å². The third-order valence-electron chi connectivity index (χ3n) is 4.06. The van der Waals surface area contributed by atoms with Crippen LogP contribution in [0, 0.1) is 0 Å². The van der Waals surface area contributed by atoms with Crippen molar-refractivity contribution < 1.29 is 24.3 Å². The van der Waals surface area contributed by atoms with Crippen LogP contribution in [0.5, 0.6) is 0 Å². The number of alkyl carbamates (subject to hydrolysis) is 1. The van der Waals surface area contributed by atoms with E-state index in [1.165, 1.54) is 0 Å². The van der Waals surface area contributed by atoms with E-state index in [0.717, 1.165) is 23.3 Å². The van der Waals surface area contributed by atoms with Crippen LogP contribution in [0.3, 0.4) is 0 Å². The van der Waals surface area contributed by atoms with Crippen molar-refractivity contribution in [1.82, 2.24) is 16.1 Å². The van der Waals surface area contributed by atoms with Crippen LogP contribution < -0.4 is 16.1 Å². The standard InChI is InChI=1S/C20H25N3O5S/c24-18(23-27)6-2-1-3-11-21-19(25)16-9-7-15(8-10-16)14-28-20(26)22-13-17-5-4-12-29-17/h4-5,7-10,12,27H,1-3,6,11,13-14H2,(H,21,25)(H,22,26)(H,23,24). The summed E-state index contributed by atoms with van der Waals surface area (Å²) in [5.41, 5.74) is 2.90. The van der Waals surface area contributed by atoms with Crippen LogP contribution in [0.1, 0.15) is 46.5 Å². The minimum atomic E-state index is -0.489. The van der Waals surface area contributed by atoms with Crippen molar-refractivity contribution in [3.05, 3.63) is 57.8 Å². The van der Waals surface area contributed by atoms with Gasteiger partial charge in [-0.2, -0.15) is 0 Å². The fourth-order valence-electron chi connectivity index (χ4n) is 2.47. The molecule has 2 rings (SSSR count). The lowest BCUT2D eigenvalue weighted by Crippen LogP contribution is -2.24. The zero-order valence-corrected chi connectivity index (χ0v) is 16.8. The molecule has 0 radical (unpaired) electrons. The number of benzene rings is 1. The van der Waals surface area contributed by atoms with Crippen LogP contribution in [-0.2, 0) is 22.7 Å². The highest BCUT2D eigenvalue weighted by Crippen LogP contribution is 2.09. The van der Waals surface area contributed by atoms with Crippen molar-refractivity contribution in [2.75, 3.05) is 6.54 Å². The molecule has 0 saturated carbocycles. The molecule has 0 spiro atoms. The predicted molar refractivity (Wildman–Crippen MR) is 109 cm³/mol. The third kappa shape index (κ3) is 8.75. The van der Waals surface area contributed by atoms with Gasteiger partial charge in [0.15, 0.2) is 0 Å². The second-order valence-corrected chi connectivity index (χ2v) is 7.34. The van der Waals surface area contributed by atoms with Crippen LogP contribution in [0.4, 0.5) is 4.79 Å². The second kappa shape index (κ2) is 12.5. The molecule has 2 aromatic rings. The van der Waals surface area contributed by atoms with Gasteiger partial charge < -0.3 is 15.4 Å². The van der Waals surface area contributed by atoms with E-state index in [1.807, 2.05) is 17.5 Å². The number of hydrogen-bond donors (Lipinski definition) is 4. The minimum absolute atomic E-state index is 0.125. The summed E-state index contributed by atoms with van der Waals surface area (Å²) in [5, 5.41) is 15.8. The summed E-state index contributed by atoms with van der Waals surface area (Å²) in [6.07, 6.45) is 1.95. The molecule has 0 unspecified atom stereocenters. The van der Waals surface area contributed by atoms with Crippen molar-refractivity contribution in [3.8, 4) is 0 Å². The summed E-state index contributed by atoms with van der Waals surface area (Å²) in [4.78, 5) is 35.7. The van der Waals surface area contributed by atoms with Gasteiger partial charge in [-0.1, -0.05) is 24.6 Å². The maximum atomic E-state index is 12.1. The maximum Gasteiger partial charge on any atom is 0.407 e. The van der Waals surface area contributed by atoms with Crippen LogP contribution in [-0.4, -0.2) is 29.7 Å². The van der Waals surface area contributed by atoms with Crippen LogP contribution >= 0.6 is 11.3 Å². The smallest absolute Gasteiger partial charge is 0.407 e. The molecule has 0 atom stereocenters. The molecule has 0 aliphatic carbocycles. The van der Waals surface area contributed by atoms with Gasteiger partial charge in [0.1, 0.15) is 6.61 Å². The van der Waals surface area contributed by atoms with Gasteiger partial charge in [0.2, 0.25) is 5.91 Å². The molecule has 0 bridgehead atoms. The first-order chi connectivity index (χ1) is 14.1. The van der Waals surface area contributed by atoms with Crippen LogP contribution in [0.25, 0.3) is 0 Å². The third-order valence-corrected chi connectivity index (χ3v) is 4.94. The van der Waals surface area contributed by atoms with E-state index in [1.54, 1.807) is 41.1 Å². The second-order valence-electron chi connectivity index (χ2n) is 6.31. The van der Waals surface area contributed by atoms with Gasteiger partial charge in [0, 0.05) is 23.4 Å². The molecule has 29 heavy (non-hydrogen) atoms. The number of carbonyl (C=O) groups excluding carboxylic acids is 3. The number of ether oxygens (including phenoxy) is 1. The molecule has 0 fully saturated rings. The van der Waals surface area contributed by atoms with E-state index in [2.05, 4.69) is 10.6 Å². The van der Waals surface area contributed by atoms with Crippen molar-refractivity contribution in [3.63, 3.8) is 0 Å². The fourth-order valence-corrected chi connectivity index (χ4v) is 3.12. The fraction of sp³-hybridized carbons (Fsp3) is 0.350. The molecular formula is C20H25N3O5S. The van der Waals surface area contributed by atoms with Gasteiger partial charge in [-0.3, -0.25) is 14.8 Å². The van der Waals surface area contributed by atoms with Crippen LogP contribution in [0.15, 0.2) is 41.8 Å². The molecule has 0 aliphatic heterocycles. The Kier molecular flexibility index (Phi) is 9.67. The quantitative estimate of drug-likeness (QED) is 0.254. The number of hydrogen-bond acceptors (Lipinski definition) is 6. The van der Waals surface area contributed by atoms with Gasteiger partial charge >= 0.3 is 6.09 Å². The first kappa shape index (κ1) is 22.4. The highest BCUT2D eigenvalue weighted by Gasteiger charge is 2.07. The average molecular weight is 420 g/mol. The lowest BCUT2D eigenvalue weighted by molar-refractivity contribution is -0.129. The highest BCUT2D eigenvalue weighted by molar-refractivity contribution is 7.09. The molecule has 1 heterocycles. The van der Waals surface area contributed by atoms with E-state index in [0.29, 0.717) is 25.1 Å². The summed E-state index contributed by atoms with van der Waals surface area (Å²) in [6.45, 7) is 1.07. The Morgan fingerprint density at radius 1 is 1.00 bits per heavy atom. The Bertz CT molecular complexity index is 778. The van der Waals surface area contributed by atoms with Gasteiger partial charge in [-0.25, -0.2) is 10.3 Å². The Labute approximate surface area is 173 Å². The van der Waals surface area contributed by atoms with E-state index in [9.17, 15) is 14.4 Å². The molecule has 156 valence electrons. The molecule has 0 aliphatic rings. The van der Waals surface area contributed by atoms with Gasteiger partial charge in [-0.15, -0.1) is 11.3 Å². The van der Waals surface area contributed by atoms with Gasteiger partial charge in [-0.05, 0) is 42.0 Å². The van der Waals surface area contributed by atoms with E-state index in [4.69, 9.17) is 9.94 Å². The molecule has 3 amide bonds. The Morgan fingerprint density at radius 3 is 2.48 bits per heavy atom. The van der Waals surface area contributed by atoms with E-state index in [-0.39, 0.29) is 18.9 Å². The number of rotatable bonds is 11. The summed E-state index contributed by atoms with van der Waals surface area (Å²) in [7, 11) is 0. The Balaban J connectivity index is 1.62. The first-order valence-corrected chi connectivity index (χ1v) is 10.2. The van der Waals surface area contributed by atoms with Gasteiger partial charge in [0.25, 0.3) is 5.91 Å². The number of nitrogens with one attached hydrogen (secondary N) is 3. The molecule has 1 aromatic heterocycles. The minimum Gasteiger partial charge on any atom is -0.445 e. The predicted octanol–water partition coefficient (Wildman–Crippen LogP) is 2.97. The zero-order chi connectivity index (χ0) is 20.9. The summed E-state index contributed by atoms with van der Waals surface area (Å²) >= 11 is 1.56. The number of amides is 3. The largest absolute Gasteiger partial charge is 0.445 e. The molecular weight excluding hydrogens is 394 g/mol. The molecule has 9 heteroatoms. The average Bonchev–Trinajstić information content (AvgIpc) is 3.26. The summed E-state index contributed by atoms with van der Waals surface area (Å²) < 4.78 is 5.16. The van der Waals surface area contributed by atoms with Gasteiger partial charge in [0.05, 0.1) is 6.54 Å².